The van der Waals surface area contributed by atoms with Crippen LogP contribution in [-0.4, -0.2) is 68.0 Å². The number of aliphatic carboxylic acids is 2. The quantitative estimate of drug-likeness (QED) is 0.109. The Kier molecular flexibility index (Phi) is 26.3. The van der Waals surface area contributed by atoms with Crippen LogP contribution in [0, 0.1) is 0 Å². The van der Waals surface area contributed by atoms with Crippen molar-refractivity contribution in [2.45, 2.75) is 66.1 Å². The van der Waals surface area contributed by atoms with Crippen LogP contribution in [-0.2, 0) is 87.8 Å². The number of hydrogen-bond donors (Lipinski definition) is 2. The molecule has 0 aliphatic carbocycles. The van der Waals surface area contributed by atoms with Crippen LogP contribution in [0.3, 0.4) is 0 Å². The molecule has 8 rings (SSSR count). The average molecular weight is 1090 g/mol. The number of hydrogen-bond acceptors (Lipinski definition) is 10. The van der Waals surface area contributed by atoms with Crippen LogP contribution in [0.5, 0.6) is 0 Å². The summed E-state index contributed by atoms with van der Waals surface area (Å²) in [6.07, 6.45) is 1.33. The van der Waals surface area contributed by atoms with E-state index in [2.05, 4.69) is 82.6 Å². The molecular formula is C48H58N4O6S4Y2. The summed E-state index contributed by atoms with van der Waals surface area (Å²) in [5, 5.41) is 20.2. The Morgan fingerprint density at radius 1 is 0.484 bits per heavy atom. The first kappa shape index (κ1) is 61.0. The second-order valence-corrected chi connectivity index (χ2v) is 17.9. The second kappa shape index (κ2) is 27.6. The SMILES string of the molecule is C.C.C.C.CN(c1ccc(CCC(=O)O)cc1)c1ccc(-c2ccc(C3=NC4SC(c5ccc(-c6ccc(N(C)c7ccc(CCC(=O)O)cc7)cc6)s5)=NC4S3)s2)cc1.O.O.[Y].[Y]. The zero-order valence-corrected chi connectivity index (χ0v) is 41.8. The molecule has 6 aromatic rings. The van der Waals surface area contributed by atoms with Gasteiger partial charge in [0.15, 0.2) is 0 Å². The predicted octanol–water partition coefficient (Wildman–Crippen LogP) is 11.9. The summed E-state index contributed by atoms with van der Waals surface area (Å²) in [7, 11) is 4.08. The van der Waals surface area contributed by atoms with Crippen molar-refractivity contribution in [3.8, 4) is 20.9 Å². The second-order valence-electron chi connectivity index (χ2n) is 13.5. The number of anilines is 4. The number of thiophene rings is 2. The van der Waals surface area contributed by atoms with E-state index < -0.39 is 11.9 Å². The molecule has 0 spiro atoms. The summed E-state index contributed by atoms with van der Waals surface area (Å²) >= 11 is 7.03. The van der Waals surface area contributed by atoms with E-state index in [1.165, 1.54) is 19.5 Å². The van der Waals surface area contributed by atoms with Gasteiger partial charge < -0.3 is 31.0 Å². The number of benzene rings is 4. The molecule has 0 fully saturated rings. The largest absolute Gasteiger partial charge is 0.481 e. The van der Waals surface area contributed by atoms with Gasteiger partial charge in [0.25, 0.3) is 0 Å². The molecule has 0 amide bonds. The average Bonchev–Trinajstić information content (AvgIpc) is 4.04. The van der Waals surface area contributed by atoms with Crippen LogP contribution < -0.4 is 9.80 Å². The van der Waals surface area contributed by atoms with Crippen molar-refractivity contribution in [1.29, 1.82) is 0 Å². The number of rotatable bonds is 14. The van der Waals surface area contributed by atoms with Gasteiger partial charge in [-0.15, -0.1) is 22.7 Å². The van der Waals surface area contributed by atoms with Gasteiger partial charge in [-0.2, -0.15) is 0 Å². The van der Waals surface area contributed by atoms with Crippen LogP contribution >= 0.6 is 46.2 Å². The molecule has 64 heavy (non-hydrogen) atoms. The summed E-state index contributed by atoms with van der Waals surface area (Å²) in [5.41, 5.74) is 8.62. The molecule has 10 nitrogen and oxygen atoms in total. The Morgan fingerprint density at radius 3 is 1.06 bits per heavy atom. The Morgan fingerprint density at radius 2 is 0.766 bits per heavy atom. The third-order valence-corrected chi connectivity index (χ3v) is 14.8. The minimum Gasteiger partial charge on any atom is -0.481 e. The third kappa shape index (κ3) is 14.5. The van der Waals surface area contributed by atoms with Crippen LogP contribution in [0.25, 0.3) is 20.9 Å². The number of carboxylic acid groups (broad SMARTS) is 2. The monoisotopic (exact) mass is 1090 g/mol. The van der Waals surface area contributed by atoms with Crippen molar-refractivity contribution in [2.75, 3.05) is 23.9 Å². The Hall–Kier alpha value is -3.01. The smallest absolute Gasteiger partial charge is 0.303 e. The number of aryl methyl sites for hydroxylation is 2. The van der Waals surface area contributed by atoms with Gasteiger partial charge in [0, 0.05) is 125 Å². The van der Waals surface area contributed by atoms with Crippen molar-refractivity contribution < 1.29 is 96.2 Å². The van der Waals surface area contributed by atoms with Crippen molar-refractivity contribution in [3.05, 3.63) is 142 Å². The molecule has 2 aliphatic heterocycles. The molecule has 4 heterocycles. The summed E-state index contributed by atoms with van der Waals surface area (Å²) in [4.78, 5) is 41.0. The number of thioether (sulfide) groups is 2. The summed E-state index contributed by atoms with van der Waals surface area (Å²) in [6.45, 7) is 0. The molecular weight excluding hydrogens is 1030 g/mol. The fourth-order valence-corrected chi connectivity index (χ4v) is 11.2. The third-order valence-electron chi connectivity index (χ3n) is 9.81. The number of carboxylic acids is 2. The van der Waals surface area contributed by atoms with E-state index in [0.29, 0.717) is 12.8 Å². The molecule has 336 valence electrons. The van der Waals surface area contributed by atoms with E-state index >= 15 is 0 Å². The van der Waals surface area contributed by atoms with E-state index in [0.717, 1.165) is 55.1 Å². The zero-order valence-electron chi connectivity index (χ0n) is 32.8. The van der Waals surface area contributed by atoms with Gasteiger partial charge in [0.05, 0.1) is 9.75 Å². The fraction of sp³-hybridized carbons (Fsp3) is 0.250. The molecule has 6 N–H and O–H groups in total. The first-order chi connectivity index (χ1) is 27.2. The van der Waals surface area contributed by atoms with E-state index in [9.17, 15) is 9.59 Å². The summed E-state index contributed by atoms with van der Waals surface area (Å²) in [5.74, 6) is -1.56. The Bertz CT molecular complexity index is 2270. The topological polar surface area (TPSA) is 169 Å². The molecule has 0 saturated heterocycles. The van der Waals surface area contributed by atoms with Gasteiger partial charge >= 0.3 is 11.9 Å². The van der Waals surface area contributed by atoms with Gasteiger partial charge in [0.2, 0.25) is 0 Å². The number of fused-ring (bicyclic) bond motifs is 1. The van der Waals surface area contributed by atoms with Crippen molar-refractivity contribution >= 4 is 91.0 Å². The zero-order chi connectivity index (χ0) is 38.8. The van der Waals surface area contributed by atoms with Gasteiger partial charge in [-0.1, -0.05) is 102 Å². The minimum absolute atomic E-state index is 0. The van der Waals surface area contributed by atoms with Crippen molar-refractivity contribution in [2.24, 2.45) is 9.98 Å². The first-order valence-electron chi connectivity index (χ1n) is 18.2. The van der Waals surface area contributed by atoms with Crippen molar-refractivity contribution in [3.63, 3.8) is 0 Å². The van der Waals surface area contributed by atoms with Crippen LogP contribution in [0.4, 0.5) is 22.7 Å². The molecule has 2 radical (unpaired) electrons. The molecule has 2 atom stereocenters. The van der Waals surface area contributed by atoms with Crippen LogP contribution in [0.2, 0.25) is 0 Å². The summed E-state index contributed by atoms with van der Waals surface area (Å²) in [6, 6.07) is 42.0. The maximum absolute atomic E-state index is 10.9. The van der Waals surface area contributed by atoms with E-state index in [1.807, 2.05) is 62.6 Å². The normalized spacial score (nSPS) is 14.0. The molecule has 0 bridgehead atoms. The van der Waals surface area contributed by atoms with Crippen molar-refractivity contribution in [1.82, 2.24) is 0 Å². The Balaban J connectivity index is 0.00000496. The van der Waals surface area contributed by atoms with Gasteiger partial charge in [-0.3, -0.25) is 19.6 Å². The Labute approximate surface area is 445 Å². The number of nitrogens with zero attached hydrogens (tertiary/aromatic N) is 4. The summed E-state index contributed by atoms with van der Waals surface area (Å²) < 4.78 is 0. The maximum Gasteiger partial charge on any atom is 0.303 e. The van der Waals surface area contributed by atoms with Crippen LogP contribution in [0.15, 0.2) is 131 Å². The van der Waals surface area contributed by atoms with E-state index in [-0.39, 0.29) is 130 Å². The number of aliphatic imine (C=N–C) groups is 2. The van der Waals surface area contributed by atoms with E-state index in [1.54, 1.807) is 46.2 Å². The predicted molar refractivity (Wildman–Crippen MR) is 270 cm³/mol. The molecule has 0 saturated carbocycles. The molecule has 4 aromatic carbocycles. The molecule has 2 aliphatic rings. The maximum atomic E-state index is 10.9. The molecule has 2 aromatic heterocycles. The van der Waals surface area contributed by atoms with Crippen LogP contribution in [0.1, 0.15) is 63.4 Å². The molecule has 2 unspecified atom stereocenters. The van der Waals surface area contributed by atoms with Gasteiger partial charge in [0.1, 0.15) is 20.8 Å². The van der Waals surface area contributed by atoms with E-state index in [4.69, 9.17) is 20.2 Å². The molecule has 16 heteroatoms. The first-order valence-corrected chi connectivity index (χ1v) is 21.6. The number of carbonyl (C=O) groups is 2. The fourth-order valence-electron chi connectivity index (χ4n) is 6.55. The van der Waals surface area contributed by atoms with Gasteiger partial charge in [-0.25, -0.2) is 0 Å². The minimum atomic E-state index is -0.781. The standard InChI is InChI=1S/C44H38N4O4S4.4CH4.2H2O.2Y/c1-47(31-13-3-27(4-14-31)7-25-39(49)50)33-17-9-29(10-18-33)35-21-23-37(53-35)41-45-43-44(55-41)46-42(56-43)38-24-22-36(54-38)30-11-19-34(20-12-30)48(2)32-15-5-28(6-16-32)8-26-40(51)52;;;;;;;;/h3-6,9-24,43-44H,7-8,25-26H2,1-2H3,(H,49,50)(H,51,52);4*1H4;2*1H2;;. The van der Waals surface area contributed by atoms with Gasteiger partial charge in [-0.05, 0) is 108 Å².